The molecule has 0 aliphatic carbocycles. The van der Waals surface area contributed by atoms with Crippen molar-refractivity contribution in [3.05, 3.63) is 72.2 Å². The minimum atomic E-state index is -0.185. The molecule has 2 aromatic heterocycles. The lowest BCUT2D eigenvalue weighted by molar-refractivity contribution is 0.0953. The van der Waals surface area contributed by atoms with Crippen molar-refractivity contribution in [2.24, 2.45) is 0 Å². The number of nitrogens with zero attached hydrogens (tertiary/aromatic N) is 3. The largest absolute Gasteiger partial charge is 0.370 e. The van der Waals surface area contributed by atoms with Gasteiger partial charge < -0.3 is 16.0 Å². The van der Waals surface area contributed by atoms with E-state index in [1.165, 1.54) is 12.4 Å². The van der Waals surface area contributed by atoms with Crippen LogP contribution in [0.2, 0.25) is 0 Å². The highest BCUT2D eigenvalue weighted by Crippen LogP contribution is 2.11. The molecule has 0 atom stereocenters. The number of nitrogens with one attached hydrogen (secondary N) is 3. The van der Waals surface area contributed by atoms with Crippen molar-refractivity contribution in [3.63, 3.8) is 0 Å². The van der Waals surface area contributed by atoms with Gasteiger partial charge in [-0.05, 0) is 37.1 Å². The second-order valence-electron chi connectivity index (χ2n) is 6.04. The molecule has 0 aliphatic heterocycles. The lowest BCUT2D eigenvalue weighted by atomic mass is 10.3. The molecule has 0 bridgehead atoms. The van der Waals surface area contributed by atoms with Gasteiger partial charge in [-0.25, -0.2) is 15.0 Å². The summed E-state index contributed by atoms with van der Waals surface area (Å²) in [5.41, 5.74) is 2.45. The van der Waals surface area contributed by atoms with E-state index in [1.807, 2.05) is 55.6 Å². The number of carbonyl (C=O) groups excluding carboxylic acids is 1. The van der Waals surface area contributed by atoms with E-state index >= 15 is 0 Å². The first kappa shape index (κ1) is 18.3. The van der Waals surface area contributed by atoms with Crippen LogP contribution in [0.15, 0.2) is 61.1 Å². The Bertz CT molecular complexity index is 850. The second kappa shape index (κ2) is 9.28. The zero-order valence-electron chi connectivity index (χ0n) is 15.1. The Morgan fingerprint density at radius 2 is 1.70 bits per heavy atom. The molecule has 0 spiro atoms. The maximum Gasteiger partial charge on any atom is 0.254 e. The standard InChI is InChI=1S/C20H22N6O/c1-15-8-9-18(23-12-15)21-10-5-11-22-19(27)16-13-24-20(25-14-16)26-17-6-3-2-4-7-17/h2-4,6-9,12-14H,5,10-11H2,1H3,(H,21,23)(H,22,27)(H,24,25,26). The molecular formula is C20H22N6O. The Morgan fingerprint density at radius 3 is 2.41 bits per heavy atom. The summed E-state index contributed by atoms with van der Waals surface area (Å²) >= 11 is 0. The summed E-state index contributed by atoms with van der Waals surface area (Å²) in [5.74, 6) is 1.10. The topological polar surface area (TPSA) is 91.8 Å². The van der Waals surface area contributed by atoms with Gasteiger partial charge >= 0.3 is 0 Å². The van der Waals surface area contributed by atoms with Crippen LogP contribution >= 0.6 is 0 Å². The quantitative estimate of drug-likeness (QED) is 0.533. The molecule has 3 N–H and O–H groups in total. The predicted molar refractivity (Wildman–Crippen MR) is 106 cm³/mol. The molecule has 0 fully saturated rings. The van der Waals surface area contributed by atoms with Gasteiger partial charge in [0.05, 0.1) is 5.56 Å². The molecule has 0 saturated carbocycles. The van der Waals surface area contributed by atoms with Crippen molar-refractivity contribution in [1.29, 1.82) is 0 Å². The molecule has 0 radical (unpaired) electrons. The van der Waals surface area contributed by atoms with Crippen LogP contribution in [0.4, 0.5) is 17.5 Å². The normalized spacial score (nSPS) is 10.3. The highest BCUT2D eigenvalue weighted by Gasteiger charge is 2.06. The first-order valence-electron chi connectivity index (χ1n) is 8.79. The zero-order chi connectivity index (χ0) is 18.9. The minimum Gasteiger partial charge on any atom is -0.370 e. The van der Waals surface area contributed by atoms with Crippen LogP contribution in [0.3, 0.4) is 0 Å². The molecule has 3 aromatic rings. The van der Waals surface area contributed by atoms with Crippen LogP contribution in [0.5, 0.6) is 0 Å². The number of pyridine rings is 1. The van der Waals surface area contributed by atoms with Crippen LogP contribution in [0.25, 0.3) is 0 Å². The van der Waals surface area contributed by atoms with E-state index in [-0.39, 0.29) is 5.91 Å². The lowest BCUT2D eigenvalue weighted by Crippen LogP contribution is -2.26. The molecular weight excluding hydrogens is 340 g/mol. The van der Waals surface area contributed by atoms with Gasteiger partial charge in [0.2, 0.25) is 5.95 Å². The number of rotatable bonds is 8. The summed E-state index contributed by atoms with van der Waals surface area (Å²) in [7, 11) is 0. The van der Waals surface area contributed by atoms with E-state index in [9.17, 15) is 4.79 Å². The van der Waals surface area contributed by atoms with E-state index in [2.05, 4.69) is 30.9 Å². The fourth-order valence-corrected chi connectivity index (χ4v) is 2.34. The first-order valence-corrected chi connectivity index (χ1v) is 8.79. The number of anilines is 3. The maximum atomic E-state index is 12.1. The number of para-hydroxylation sites is 1. The number of aromatic nitrogens is 3. The first-order chi connectivity index (χ1) is 13.2. The minimum absolute atomic E-state index is 0.185. The third-order valence-electron chi connectivity index (χ3n) is 3.80. The van der Waals surface area contributed by atoms with Crippen LogP contribution in [0, 0.1) is 6.92 Å². The molecule has 0 unspecified atom stereocenters. The van der Waals surface area contributed by atoms with E-state index in [4.69, 9.17) is 0 Å². The summed E-state index contributed by atoms with van der Waals surface area (Å²) in [5, 5.41) is 9.17. The summed E-state index contributed by atoms with van der Waals surface area (Å²) < 4.78 is 0. The van der Waals surface area contributed by atoms with Crippen molar-refractivity contribution in [3.8, 4) is 0 Å². The van der Waals surface area contributed by atoms with Crippen molar-refractivity contribution < 1.29 is 4.79 Å². The van der Waals surface area contributed by atoms with Crippen molar-refractivity contribution >= 4 is 23.4 Å². The molecule has 0 saturated heterocycles. The van der Waals surface area contributed by atoms with E-state index < -0.39 is 0 Å². The van der Waals surface area contributed by atoms with Gasteiger partial charge in [0.15, 0.2) is 0 Å². The molecule has 138 valence electrons. The number of benzene rings is 1. The summed E-state index contributed by atoms with van der Waals surface area (Å²) in [6.45, 7) is 3.29. The van der Waals surface area contributed by atoms with Gasteiger partial charge in [0.1, 0.15) is 5.82 Å². The fourth-order valence-electron chi connectivity index (χ4n) is 2.34. The van der Waals surface area contributed by atoms with Gasteiger partial charge in [-0.3, -0.25) is 4.79 Å². The molecule has 7 nitrogen and oxygen atoms in total. The third-order valence-corrected chi connectivity index (χ3v) is 3.80. The van der Waals surface area contributed by atoms with Crippen molar-refractivity contribution in [1.82, 2.24) is 20.3 Å². The average Bonchev–Trinajstić information content (AvgIpc) is 2.70. The van der Waals surface area contributed by atoms with Crippen LogP contribution in [-0.2, 0) is 0 Å². The number of hydrogen-bond donors (Lipinski definition) is 3. The highest BCUT2D eigenvalue weighted by molar-refractivity contribution is 5.93. The van der Waals surface area contributed by atoms with Crippen LogP contribution in [0.1, 0.15) is 22.3 Å². The lowest BCUT2D eigenvalue weighted by Gasteiger charge is -2.08. The molecule has 1 amide bonds. The van der Waals surface area contributed by atoms with Crippen molar-refractivity contribution in [2.75, 3.05) is 23.7 Å². The Hall–Kier alpha value is -3.48. The van der Waals surface area contributed by atoms with E-state index in [0.717, 1.165) is 30.0 Å². The number of aryl methyl sites for hydroxylation is 1. The number of carbonyl (C=O) groups is 1. The molecule has 3 rings (SSSR count). The molecule has 27 heavy (non-hydrogen) atoms. The summed E-state index contributed by atoms with van der Waals surface area (Å²) in [4.78, 5) is 24.8. The number of hydrogen-bond acceptors (Lipinski definition) is 6. The van der Waals surface area contributed by atoms with Crippen LogP contribution < -0.4 is 16.0 Å². The van der Waals surface area contributed by atoms with Gasteiger partial charge in [-0.15, -0.1) is 0 Å². The molecule has 2 heterocycles. The van der Waals surface area contributed by atoms with Gasteiger partial charge in [-0.2, -0.15) is 0 Å². The summed E-state index contributed by atoms with van der Waals surface area (Å²) in [6.07, 6.45) is 5.64. The second-order valence-corrected chi connectivity index (χ2v) is 6.04. The van der Waals surface area contributed by atoms with Gasteiger partial charge in [0, 0.05) is 37.4 Å². The van der Waals surface area contributed by atoms with E-state index in [1.54, 1.807) is 0 Å². The SMILES string of the molecule is Cc1ccc(NCCCNC(=O)c2cnc(Nc3ccccc3)nc2)nc1. The van der Waals surface area contributed by atoms with Crippen molar-refractivity contribution in [2.45, 2.75) is 13.3 Å². The highest BCUT2D eigenvalue weighted by atomic mass is 16.1. The zero-order valence-corrected chi connectivity index (χ0v) is 15.1. The molecule has 1 aromatic carbocycles. The van der Waals surface area contributed by atoms with Gasteiger partial charge in [-0.1, -0.05) is 24.3 Å². The Kier molecular flexibility index (Phi) is 6.30. The summed E-state index contributed by atoms with van der Waals surface area (Å²) in [6, 6.07) is 13.6. The third kappa shape index (κ3) is 5.78. The Balaban J connectivity index is 1.39. The molecule has 7 heteroatoms. The number of amides is 1. The fraction of sp³-hybridized carbons (Fsp3) is 0.200. The van der Waals surface area contributed by atoms with E-state index in [0.29, 0.717) is 18.1 Å². The maximum absolute atomic E-state index is 12.1. The monoisotopic (exact) mass is 362 g/mol. The average molecular weight is 362 g/mol. The molecule has 0 aliphatic rings. The Morgan fingerprint density at radius 1 is 0.926 bits per heavy atom. The predicted octanol–water partition coefficient (Wildman–Crippen LogP) is 3.16. The van der Waals surface area contributed by atoms with Gasteiger partial charge in [0.25, 0.3) is 5.91 Å². The Labute approximate surface area is 158 Å². The van der Waals surface area contributed by atoms with Crippen LogP contribution in [-0.4, -0.2) is 33.9 Å². The smallest absolute Gasteiger partial charge is 0.254 e.